The highest BCUT2D eigenvalue weighted by molar-refractivity contribution is 7.07. The first-order chi connectivity index (χ1) is 9.29. The first-order valence-corrected chi connectivity index (χ1v) is 7.24. The minimum atomic E-state index is -0.588. The second kappa shape index (κ2) is 5.11. The number of hydrogen-bond acceptors (Lipinski definition) is 4. The van der Waals surface area contributed by atoms with Crippen molar-refractivity contribution in [1.29, 1.82) is 0 Å². The summed E-state index contributed by atoms with van der Waals surface area (Å²) in [5, 5.41) is 17.8. The molecule has 0 bridgehead atoms. The van der Waals surface area contributed by atoms with Crippen LogP contribution in [0, 0.1) is 0 Å². The zero-order valence-electron chi connectivity index (χ0n) is 10.7. The summed E-state index contributed by atoms with van der Waals surface area (Å²) in [5.74, 6) is 0. The first-order valence-electron chi connectivity index (χ1n) is 6.30. The normalized spacial score (nSPS) is 12.9. The lowest BCUT2D eigenvalue weighted by molar-refractivity contribution is 0.173. The standard InChI is InChI=1S/C14H15N3OS/c1-2-17-13-6-4-3-5-10(13)11(16-17)7-14(18)12-8-19-9-15-12/h3-6,8-9,14,18H,2,7H2,1H3. The van der Waals surface area contributed by atoms with Crippen molar-refractivity contribution in [3.63, 3.8) is 0 Å². The molecular formula is C14H15N3OS. The average molecular weight is 273 g/mol. The van der Waals surface area contributed by atoms with Gasteiger partial charge in [-0.2, -0.15) is 5.10 Å². The Morgan fingerprint density at radius 1 is 1.37 bits per heavy atom. The number of benzene rings is 1. The van der Waals surface area contributed by atoms with E-state index in [1.165, 1.54) is 11.3 Å². The number of rotatable bonds is 4. The van der Waals surface area contributed by atoms with Gasteiger partial charge in [-0.3, -0.25) is 4.68 Å². The number of para-hydroxylation sites is 1. The Kier molecular flexibility index (Phi) is 3.31. The van der Waals surface area contributed by atoms with E-state index in [-0.39, 0.29) is 0 Å². The van der Waals surface area contributed by atoms with Crippen molar-refractivity contribution >= 4 is 22.2 Å². The molecule has 4 nitrogen and oxygen atoms in total. The Morgan fingerprint density at radius 3 is 2.95 bits per heavy atom. The molecule has 0 saturated heterocycles. The minimum absolute atomic E-state index is 0.497. The lowest BCUT2D eigenvalue weighted by Gasteiger charge is -2.05. The molecule has 0 aliphatic heterocycles. The van der Waals surface area contributed by atoms with E-state index in [0.29, 0.717) is 6.42 Å². The molecule has 3 rings (SSSR count). The van der Waals surface area contributed by atoms with Gasteiger partial charge in [0.2, 0.25) is 0 Å². The van der Waals surface area contributed by atoms with Crippen molar-refractivity contribution in [2.45, 2.75) is 26.0 Å². The van der Waals surface area contributed by atoms with E-state index in [0.717, 1.165) is 28.8 Å². The van der Waals surface area contributed by atoms with Crippen molar-refractivity contribution in [1.82, 2.24) is 14.8 Å². The van der Waals surface area contributed by atoms with Crippen LogP contribution in [0.1, 0.15) is 24.4 Å². The van der Waals surface area contributed by atoms with Crippen LogP contribution in [0.3, 0.4) is 0 Å². The summed E-state index contributed by atoms with van der Waals surface area (Å²) in [7, 11) is 0. The van der Waals surface area contributed by atoms with Gasteiger partial charge in [-0.15, -0.1) is 11.3 Å². The number of aliphatic hydroxyl groups is 1. The van der Waals surface area contributed by atoms with Gasteiger partial charge in [0.1, 0.15) is 6.10 Å². The van der Waals surface area contributed by atoms with Gasteiger partial charge in [0, 0.05) is 23.7 Å². The summed E-state index contributed by atoms with van der Waals surface area (Å²) in [6.45, 7) is 2.90. The number of hydrogen-bond donors (Lipinski definition) is 1. The zero-order chi connectivity index (χ0) is 13.2. The maximum Gasteiger partial charge on any atom is 0.102 e. The van der Waals surface area contributed by atoms with Gasteiger partial charge in [-0.1, -0.05) is 18.2 Å². The molecule has 0 radical (unpaired) electrons. The molecule has 0 saturated carbocycles. The van der Waals surface area contributed by atoms with Gasteiger partial charge < -0.3 is 5.11 Å². The van der Waals surface area contributed by atoms with E-state index in [9.17, 15) is 5.11 Å². The fourth-order valence-electron chi connectivity index (χ4n) is 2.26. The fourth-order valence-corrected chi connectivity index (χ4v) is 2.86. The summed E-state index contributed by atoms with van der Waals surface area (Å²) >= 11 is 1.50. The molecule has 0 aliphatic carbocycles. The van der Waals surface area contributed by atoms with Gasteiger partial charge in [0.15, 0.2) is 0 Å². The molecule has 2 aromatic heterocycles. The lowest BCUT2D eigenvalue weighted by atomic mass is 10.1. The van der Waals surface area contributed by atoms with Crippen LogP contribution >= 0.6 is 11.3 Å². The number of thiazole rings is 1. The van der Waals surface area contributed by atoms with Crippen molar-refractivity contribution in [2.24, 2.45) is 0 Å². The molecule has 3 aromatic rings. The third kappa shape index (κ3) is 2.27. The van der Waals surface area contributed by atoms with Crippen LogP contribution in [-0.2, 0) is 13.0 Å². The summed E-state index contributed by atoms with van der Waals surface area (Å²) in [6.07, 6.45) is -0.0908. The monoisotopic (exact) mass is 273 g/mol. The van der Waals surface area contributed by atoms with Crippen LogP contribution in [0.5, 0.6) is 0 Å². The molecule has 1 unspecified atom stereocenters. The summed E-state index contributed by atoms with van der Waals surface area (Å²) in [4.78, 5) is 4.15. The summed E-state index contributed by atoms with van der Waals surface area (Å²) in [5.41, 5.74) is 4.50. The van der Waals surface area contributed by atoms with Crippen molar-refractivity contribution in [2.75, 3.05) is 0 Å². The highest BCUT2D eigenvalue weighted by Crippen LogP contribution is 2.24. The third-order valence-electron chi connectivity index (χ3n) is 3.21. The molecule has 0 fully saturated rings. The van der Waals surface area contributed by atoms with Gasteiger partial charge in [-0.25, -0.2) is 4.98 Å². The highest BCUT2D eigenvalue weighted by atomic mass is 32.1. The summed E-state index contributed by atoms with van der Waals surface area (Å²) < 4.78 is 1.97. The molecule has 98 valence electrons. The van der Waals surface area contributed by atoms with Crippen molar-refractivity contribution < 1.29 is 5.11 Å². The lowest BCUT2D eigenvalue weighted by Crippen LogP contribution is -2.04. The topological polar surface area (TPSA) is 50.9 Å². The Hall–Kier alpha value is -1.72. The quantitative estimate of drug-likeness (QED) is 0.795. The molecule has 19 heavy (non-hydrogen) atoms. The van der Waals surface area contributed by atoms with Gasteiger partial charge in [-0.05, 0) is 13.0 Å². The van der Waals surface area contributed by atoms with E-state index in [1.807, 2.05) is 22.2 Å². The fraction of sp³-hybridized carbons (Fsp3) is 0.286. The van der Waals surface area contributed by atoms with Crippen LogP contribution in [0.2, 0.25) is 0 Å². The van der Waals surface area contributed by atoms with Crippen LogP contribution in [0.4, 0.5) is 0 Å². The van der Waals surface area contributed by atoms with E-state index in [1.54, 1.807) is 5.51 Å². The maximum absolute atomic E-state index is 10.2. The minimum Gasteiger partial charge on any atom is -0.386 e. The molecule has 1 N–H and O–H groups in total. The maximum atomic E-state index is 10.2. The molecule has 2 heterocycles. The molecule has 1 atom stereocenters. The first kappa shape index (κ1) is 12.3. The smallest absolute Gasteiger partial charge is 0.102 e. The van der Waals surface area contributed by atoms with Crippen molar-refractivity contribution in [3.05, 3.63) is 46.5 Å². The molecule has 1 aromatic carbocycles. The van der Waals surface area contributed by atoms with Crippen LogP contribution in [0.15, 0.2) is 35.2 Å². The predicted molar refractivity (Wildman–Crippen MR) is 76.2 cm³/mol. The molecular weight excluding hydrogens is 258 g/mol. The molecule has 0 aliphatic rings. The number of fused-ring (bicyclic) bond motifs is 1. The predicted octanol–water partition coefficient (Wildman–Crippen LogP) is 2.79. The van der Waals surface area contributed by atoms with Gasteiger partial charge in [0.25, 0.3) is 0 Å². The average Bonchev–Trinajstić information content (AvgIpc) is 3.07. The number of aliphatic hydroxyl groups excluding tert-OH is 1. The Morgan fingerprint density at radius 2 is 2.21 bits per heavy atom. The van der Waals surface area contributed by atoms with Gasteiger partial charge >= 0.3 is 0 Å². The van der Waals surface area contributed by atoms with E-state index < -0.39 is 6.10 Å². The summed E-state index contributed by atoms with van der Waals surface area (Å²) in [6, 6.07) is 8.13. The van der Waals surface area contributed by atoms with Crippen LogP contribution in [-0.4, -0.2) is 19.9 Å². The number of aromatic nitrogens is 3. The molecule has 0 spiro atoms. The van der Waals surface area contributed by atoms with Crippen molar-refractivity contribution in [3.8, 4) is 0 Å². The second-order valence-electron chi connectivity index (χ2n) is 4.41. The highest BCUT2D eigenvalue weighted by Gasteiger charge is 2.16. The van der Waals surface area contributed by atoms with Gasteiger partial charge in [0.05, 0.1) is 22.4 Å². The second-order valence-corrected chi connectivity index (χ2v) is 5.13. The Labute approximate surface area is 115 Å². The Bertz CT molecular complexity index is 675. The Balaban J connectivity index is 1.97. The van der Waals surface area contributed by atoms with E-state index in [4.69, 9.17) is 0 Å². The third-order valence-corrected chi connectivity index (χ3v) is 3.82. The molecule has 5 heteroatoms. The SMILES string of the molecule is CCn1nc(CC(O)c2cscn2)c2ccccc21. The number of nitrogens with zero attached hydrogens (tertiary/aromatic N) is 3. The van der Waals surface area contributed by atoms with E-state index in [2.05, 4.69) is 29.1 Å². The molecule has 0 amide bonds. The largest absolute Gasteiger partial charge is 0.386 e. The van der Waals surface area contributed by atoms with E-state index >= 15 is 0 Å². The number of aryl methyl sites for hydroxylation is 1. The zero-order valence-corrected chi connectivity index (χ0v) is 11.5. The van der Waals surface area contributed by atoms with Crippen LogP contribution < -0.4 is 0 Å². The van der Waals surface area contributed by atoms with Crippen LogP contribution in [0.25, 0.3) is 10.9 Å².